The van der Waals surface area contributed by atoms with E-state index in [0.717, 1.165) is 44.9 Å². The average molecular weight is 964 g/mol. The fourth-order valence-corrected chi connectivity index (χ4v) is 9.03. The smallest absolute Gasteiger partial charge is 0.306 e. The van der Waals surface area contributed by atoms with Crippen molar-refractivity contribution >= 4 is 5.97 Å². The Labute approximate surface area is 419 Å². The largest absolute Gasteiger partial charge is 0.457 e. The van der Waals surface area contributed by atoms with E-state index in [1.807, 2.05) is 0 Å². The van der Waals surface area contributed by atoms with Gasteiger partial charge in [-0.1, -0.05) is 249 Å². The van der Waals surface area contributed by atoms with Gasteiger partial charge in [0.15, 0.2) is 6.29 Å². The number of carbonyl (C=O) groups excluding carboxylic acids is 1. The van der Waals surface area contributed by atoms with Gasteiger partial charge in [-0.05, 0) is 51.4 Å². The molecule has 0 radical (unpaired) electrons. The third-order valence-corrected chi connectivity index (χ3v) is 13.6. The van der Waals surface area contributed by atoms with Crippen LogP contribution in [0.1, 0.15) is 271 Å². The van der Waals surface area contributed by atoms with Crippen molar-refractivity contribution < 1.29 is 44.2 Å². The highest BCUT2D eigenvalue weighted by molar-refractivity contribution is 5.69. The van der Waals surface area contributed by atoms with Gasteiger partial charge in [-0.3, -0.25) is 4.79 Å². The molecule has 9 heteroatoms. The third-order valence-electron chi connectivity index (χ3n) is 13.6. The number of hydrogen-bond donors (Lipinski definition) is 4. The summed E-state index contributed by atoms with van der Waals surface area (Å²) in [5.74, 6) is -0.310. The predicted octanol–water partition coefficient (Wildman–Crippen LogP) is 15.0. The molecule has 0 aromatic heterocycles. The number of aliphatic hydroxyl groups is 4. The van der Waals surface area contributed by atoms with Crippen molar-refractivity contribution in [3.63, 3.8) is 0 Å². The lowest BCUT2D eigenvalue weighted by atomic mass is 9.99. The number of allylic oxidation sites excluding steroid dienone is 6. The standard InChI is InChI=1S/C59H110O9/c1-3-5-7-9-11-13-15-17-19-21-23-25-26-27-29-31-33-35-37-39-41-43-45-47-49-65-51-53(52-66-59-58(64)57(63)56(62)54(50-60)68-59)67-55(61)48-46-44-42-40-38-36-34-32-30-28-24-22-20-18-16-14-12-10-8-6-4-2/h15,17,21,23,26-27,53-54,56-60,62-64H,3-14,16,18-20,22,24-25,28-52H2,1-2H3/b17-15-,23-21-,27-26-. The Morgan fingerprint density at radius 2 is 0.853 bits per heavy atom. The summed E-state index contributed by atoms with van der Waals surface area (Å²) in [6.45, 7) is 4.59. The van der Waals surface area contributed by atoms with Gasteiger partial charge in [0.1, 0.15) is 30.5 Å². The van der Waals surface area contributed by atoms with Crippen LogP contribution < -0.4 is 0 Å². The van der Waals surface area contributed by atoms with Gasteiger partial charge in [0.2, 0.25) is 0 Å². The fourth-order valence-electron chi connectivity index (χ4n) is 9.03. The lowest BCUT2D eigenvalue weighted by Crippen LogP contribution is -2.59. The van der Waals surface area contributed by atoms with E-state index < -0.39 is 43.4 Å². The molecule has 1 fully saturated rings. The molecule has 0 aliphatic carbocycles. The molecule has 1 aliphatic heterocycles. The number of rotatable bonds is 51. The number of hydrogen-bond acceptors (Lipinski definition) is 9. The molecule has 0 aromatic rings. The first-order valence-corrected chi connectivity index (χ1v) is 29.1. The van der Waals surface area contributed by atoms with Crippen molar-refractivity contribution in [3.8, 4) is 0 Å². The van der Waals surface area contributed by atoms with Crippen LogP contribution in [0.25, 0.3) is 0 Å². The molecule has 6 unspecified atom stereocenters. The van der Waals surface area contributed by atoms with E-state index in [4.69, 9.17) is 18.9 Å². The lowest BCUT2D eigenvalue weighted by Gasteiger charge is -2.39. The highest BCUT2D eigenvalue weighted by Crippen LogP contribution is 2.23. The van der Waals surface area contributed by atoms with Crippen LogP contribution in [0, 0.1) is 0 Å². The van der Waals surface area contributed by atoms with E-state index in [1.54, 1.807) is 0 Å². The normalized spacial score (nSPS) is 19.3. The first-order valence-electron chi connectivity index (χ1n) is 29.1. The summed E-state index contributed by atoms with van der Waals surface area (Å²) in [7, 11) is 0. The molecule has 0 spiro atoms. The first kappa shape index (κ1) is 64.4. The summed E-state index contributed by atoms with van der Waals surface area (Å²) in [6.07, 6.45) is 56.2. The highest BCUT2D eigenvalue weighted by Gasteiger charge is 2.44. The maximum absolute atomic E-state index is 12.9. The van der Waals surface area contributed by atoms with E-state index in [9.17, 15) is 25.2 Å². The second-order valence-electron chi connectivity index (χ2n) is 20.1. The molecular formula is C59H110O9. The second kappa shape index (κ2) is 50.4. The van der Waals surface area contributed by atoms with Gasteiger partial charge in [0.25, 0.3) is 0 Å². The summed E-state index contributed by atoms with van der Waals surface area (Å²) in [4.78, 5) is 12.9. The van der Waals surface area contributed by atoms with Gasteiger partial charge in [-0.25, -0.2) is 0 Å². The molecule has 1 aliphatic rings. The zero-order valence-electron chi connectivity index (χ0n) is 44.4. The molecule has 0 aromatic carbocycles. The van der Waals surface area contributed by atoms with Crippen LogP contribution in [0.3, 0.4) is 0 Å². The van der Waals surface area contributed by atoms with E-state index in [0.29, 0.717) is 13.0 Å². The Morgan fingerprint density at radius 1 is 0.471 bits per heavy atom. The Hall–Kier alpha value is -1.59. The minimum absolute atomic E-state index is 0.112. The molecule has 0 saturated carbocycles. The van der Waals surface area contributed by atoms with Gasteiger partial charge in [-0.15, -0.1) is 0 Å². The van der Waals surface area contributed by atoms with Crippen molar-refractivity contribution in [1.29, 1.82) is 0 Å². The van der Waals surface area contributed by atoms with Crippen LogP contribution in [-0.4, -0.2) is 89.6 Å². The summed E-state index contributed by atoms with van der Waals surface area (Å²) >= 11 is 0. The molecular weight excluding hydrogens is 853 g/mol. The van der Waals surface area contributed by atoms with Gasteiger partial charge >= 0.3 is 5.97 Å². The molecule has 0 amide bonds. The van der Waals surface area contributed by atoms with E-state index in [2.05, 4.69) is 50.3 Å². The van der Waals surface area contributed by atoms with Crippen molar-refractivity contribution in [1.82, 2.24) is 0 Å². The minimum atomic E-state index is -1.54. The lowest BCUT2D eigenvalue weighted by molar-refractivity contribution is -0.305. The number of aliphatic hydroxyl groups excluding tert-OH is 4. The average Bonchev–Trinajstić information content (AvgIpc) is 3.34. The fraction of sp³-hybridized carbons (Fsp3) is 0.881. The number of ether oxygens (including phenoxy) is 4. The molecule has 4 N–H and O–H groups in total. The van der Waals surface area contributed by atoms with Gasteiger partial charge in [0, 0.05) is 13.0 Å². The number of carbonyl (C=O) groups is 1. The monoisotopic (exact) mass is 963 g/mol. The third kappa shape index (κ3) is 40.1. The highest BCUT2D eigenvalue weighted by atomic mass is 16.7. The summed E-state index contributed by atoms with van der Waals surface area (Å²) in [5.41, 5.74) is 0. The topological polar surface area (TPSA) is 135 Å². The Morgan fingerprint density at radius 3 is 1.28 bits per heavy atom. The first-order chi connectivity index (χ1) is 33.4. The van der Waals surface area contributed by atoms with Gasteiger partial charge in [0.05, 0.1) is 19.8 Å². The molecule has 68 heavy (non-hydrogen) atoms. The summed E-state index contributed by atoms with van der Waals surface area (Å²) in [5, 5.41) is 40.4. The molecule has 6 atom stereocenters. The van der Waals surface area contributed by atoms with E-state index >= 15 is 0 Å². The maximum atomic E-state index is 12.9. The van der Waals surface area contributed by atoms with E-state index in [-0.39, 0.29) is 19.2 Å². The van der Waals surface area contributed by atoms with Crippen LogP contribution in [0.15, 0.2) is 36.5 Å². The quantitative estimate of drug-likeness (QED) is 0.0267. The number of unbranched alkanes of at least 4 members (excludes halogenated alkanes) is 34. The van der Waals surface area contributed by atoms with E-state index in [1.165, 1.54) is 205 Å². The van der Waals surface area contributed by atoms with Crippen molar-refractivity contribution in [2.24, 2.45) is 0 Å². The van der Waals surface area contributed by atoms with Gasteiger partial charge in [-0.2, -0.15) is 0 Å². The zero-order valence-corrected chi connectivity index (χ0v) is 44.4. The van der Waals surface area contributed by atoms with Crippen LogP contribution in [0.4, 0.5) is 0 Å². The Bertz CT molecular complexity index is 1140. The molecule has 400 valence electrons. The van der Waals surface area contributed by atoms with Crippen molar-refractivity contribution in [3.05, 3.63) is 36.5 Å². The molecule has 0 bridgehead atoms. The Kier molecular flexibility index (Phi) is 47.7. The molecule has 1 rings (SSSR count). The maximum Gasteiger partial charge on any atom is 0.306 e. The Balaban J connectivity index is 2.15. The molecule has 1 heterocycles. The molecule has 9 nitrogen and oxygen atoms in total. The minimum Gasteiger partial charge on any atom is -0.457 e. The van der Waals surface area contributed by atoms with Crippen LogP contribution >= 0.6 is 0 Å². The predicted molar refractivity (Wildman–Crippen MR) is 284 cm³/mol. The van der Waals surface area contributed by atoms with Crippen LogP contribution in [0.2, 0.25) is 0 Å². The van der Waals surface area contributed by atoms with Crippen LogP contribution in [-0.2, 0) is 23.7 Å². The van der Waals surface area contributed by atoms with Crippen molar-refractivity contribution in [2.45, 2.75) is 307 Å². The van der Waals surface area contributed by atoms with Gasteiger partial charge < -0.3 is 39.4 Å². The summed E-state index contributed by atoms with van der Waals surface area (Å²) < 4.78 is 23.0. The SMILES string of the molecule is CCCCCCC/C=C\C/C=C\C/C=C\CCCCCCCCCCCOCC(COC1OC(CO)C(O)C(O)C1O)OC(=O)CCCCCCCCCCCCCCCCCCCCCCC. The second-order valence-corrected chi connectivity index (χ2v) is 20.1. The zero-order chi connectivity index (χ0) is 49.2. The van der Waals surface area contributed by atoms with Crippen molar-refractivity contribution in [2.75, 3.05) is 26.4 Å². The number of esters is 1. The van der Waals surface area contributed by atoms with Crippen LogP contribution in [0.5, 0.6) is 0 Å². The molecule has 1 saturated heterocycles. The summed E-state index contributed by atoms with van der Waals surface area (Å²) in [6, 6.07) is 0.